The molecule has 0 radical (unpaired) electrons. The predicted octanol–water partition coefficient (Wildman–Crippen LogP) is 4.82. The van der Waals surface area contributed by atoms with Crippen LogP contribution in [0, 0.1) is 12.3 Å². The Morgan fingerprint density at radius 3 is 2.84 bits per heavy atom. The maximum atomic E-state index is 6.52. The Labute approximate surface area is 151 Å². The van der Waals surface area contributed by atoms with Gasteiger partial charge in [0.15, 0.2) is 0 Å². The highest BCUT2D eigenvalue weighted by molar-refractivity contribution is 6.32. The molecule has 0 aliphatic heterocycles. The summed E-state index contributed by atoms with van der Waals surface area (Å²) in [6.07, 6.45) is 7.64. The van der Waals surface area contributed by atoms with Crippen molar-refractivity contribution in [1.82, 2.24) is 19.7 Å². The van der Waals surface area contributed by atoms with E-state index >= 15 is 0 Å². The number of nitrogens with one attached hydrogen (secondary N) is 1. The van der Waals surface area contributed by atoms with Gasteiger partial charge in [0.25, 0.3) is 0 Å². The van der Waals surface area contributed by atoms with Crippen molar-refractivity contribution >= 4 is 34.1 Å². The summed E-state index contributed by atoms with van der Waals surface area (Å²) in [6, 6.07) is 4.16. The summed E-state index contributed by atoms with van der Waals surface area (Å²) in [7, 11) is 0. The molecular weight excluding hydrogens is 334 g/mol. The highest BCUT2D eigenvalue weighted by atomic mass is 35.5. The number of rotatable bonds is 4. The lowest BCUT2D eigenvalue weighted by atomic mass is 10.1. The van der Waals surface area contributed by atoms with Crippen LogP contribution in [-0.2, 0) is 6.54 Å². The van der Waals surface area contributed by atoms with Crippen LogP contribution in [0.5, 0.6) is 0 Å². The molecule has 1 N–H and O–H groups in total. The smallest absolute Gasteiger partial charge is 0.227 e. The van der Waals surface area contributed by atoms with E-state index in [1.54, 1.807) is 0 Å². The van der Waals surface area contributed by atoms with Gasteiger partial charge >= 0.3 is 0 Å². The van der Waals surface area contributed by atoms with E-state index in [1.807, 2.05) is 30.1 Å². The zero-order chi connectivity index (χ0) is 17.2. The zero-order valence-electron chi connectivity index (χ0n) is 14.4. The summed E-state index contributed by atoms with van der Waals surface area (Å²) in [5.41, 5.74) is 4.80. The summed E-state index contributed by atoms with van der Waals surface area (Å²) in [6.45, 7) is 4.96. The van der Waals surface area contributed by atoms with E-state index in [9.17, 15) is 0 Å². The first-order valence-corrected chi connectivity index (χ1v) is 9.23. The molecule has 2 saturated carbocycles. The molecule has 2 aliphatic rings. The number of halogens is 1. The van der Waals surface area contributed by atoms with Crippen molar-refractivity contribution in [3.05, 3.63) is 40.8 Å². The van der Waals surface area contributed by atoms with Gasteiger partial charge in [-0.2, -0.15) is 5.10 Å². The molecule has 1 aromatic carbocycles. The monoisotopic (exact) mass is 353 g/mol. The molecule has 0 saturated heterocycles. The minimum absolute atomic E-state index is 0.581. The SMILES string of the molecule is CCn1ncc(Nc2ncc3cc(Cl)c(C4CC45CC5)cc3n2)c1C. The number of aromatic nitrogens is 4. The van der Waals surface area contributed by atoms with Gasteiger partial charge in [-0.05, 0) is 62.1 Å². The number of hydrogen-bond acceptors (Lipinski definition) is 4. The van der Waals surface area contributed by atoms with Crippen molar-refractivity contribution in [1.29, 1.82) is 0 Å². The molecule has 0 amide bonds. The summed E-state index contributed by atoms with van der Waals surface area (Å²) in [4.78, 5) is 9.14. The number of hydrogen-bond donors (Lipinski definition) is 1. The third-order valence-corrected chi connectivity index (χ3v) is 6.13. The standard InChI is InChI=1S/C19H20ClN5/c1-3-25-11(2)17(10-22-25)24-18-21-9-12-6-15(20)13(7-16(12)23-18)14-8-19(14)4-5-19/h6-7,9-10,14H,3-5,8H2,1-2H3,(H,21,23,24). The summed E-state index contributed by atoms with van der Waals surface area (Å²) >= 11 is 6.52. The van der Waals surface area contributed by atoms with E-state index in [1.165, 1.54) is 24.8 Å². The van der Waals surface area contributed by atoms with Gasteiger partial charge in [-0.3, -0.25) is 4.68 Å². The van der Waals surface area contributed by atoms with Crippen molar-refractivity contribution in [2.45, 2.75) is 45.6 Å². The molecule has 25 heavy (non-hydrogen) atoms. The Bertz CT molecular complexity index is 989. The first kappa shape index (κ1) is 15.1. The Balaban J connectivity index is 1.49. The van der Waals surface area contributed by atoms with Crippen LogP contribution in [0.3, 0.4) is 0 Å². The van der Waals surface area contributed by atoms with E-state index in [-0.39, 0.29) is 0 Å². The van der Waals surface area contributed by atoms with E-state index in [0.29, 0.717) is 17.3 Å². The second-order valence-corrected chi connectivity index (χ2v) is 7.74. The molecule has 2 heterocycles. The van der Waals surface area contributed by atoms with Gasteiger partial charge in [-0.1, -0.05) is 11.6 Å². The first-order valence-electron chi connectivity index (χ1n) is 8.85. The molecule has 6 heteroatoms. The average Bonchev–Trinajstić information content (AvgIpc) is 3.51. The number of aryl methyl sites for hydroxylation is 1. The molecule has 2 fully saturated rings. The van der Waals surface area contributed by atoms with Gasteiger partial charge < -0.3 is 5.32 Å². The Morgan fingerprint density at radius 1 is 1.32 bits per heavy atom. The van der Waals surface area contributed by atoms with E-state index < -0.39 is 0 Å². The zero-order valence-corrected chi connectivity index (χ0v) is 15.1. The third kappa shape index (κ3) is 2.41. The second kappa shape index (κ2) is 5.18. The van der Waals surface area contributed by atoms with Gasteiger partial charge in [0.05, 0.1) is 23.1 Å². The van der Waals surface area contributed by atoms with Crippen molar-refractivity contribution in [2.24, 2.45) is 5.41 Å². The van der Waals surface area contributed by atoms with Gasteiger partial charge in [0.1, 0.15) is 0 Å². The minimum Gasteiger partial charge on any atom is -0.321 e. The average molecular weight is 354 g/mol. The molecule has 2 aliphatic carbocycles. The molecule has 5 rings (SSSR count). The maximum Gasteiger partial charge on any atom is 0.227 e. The Morgan fingerprint density at radius 2 is 2.16 bits per heavy atom. The van der Waals surface area contributed by atoms with Crippen molar-refractivity contribution in [2.75, 3.05) is 5.32 Å². The summed E-state index contributed by atoms with van der Waals surface area (Å²) < 4.78 is 1.95. The predicted molar refractivity (Wildman–Crippen MR) is 99.5 cm³/mol. The van der Waals surface area contributed by atoms with Crippen molar-refractivity contribution in [3.63, 3.8) is 0 Å². The molecule has 1 unspecified atom stereocenters. The van der Waals surface area contributed by atoms with E-state index in [0.717, 1.165) is 33.9 Å². The number of nitrogens with zero attached hydrogens (tertiary/aromatic N) is 4. The second-order valence-electron chi connectivity index (χ2n) is 7.33. The summed E-state index contributed by atoms with van der Waals surface area (Å²) in [5, 5.41) is 9.47. The van der Waals surface area contributed by atoms with E-state index in [4.69, 9.17) is 16.6 Å². The molecule has 128 valence electrons. The third-order valence-electron chi connectivity index (χ3n) is 5.80. The molecule has 5 nitrogen and oxygen atoms in total. The molecule has 2 aromatic heterocycles. The summed E-state index contributed by atoms with van der Waals surface area (Å²) in [5.74, 6) is 1.22. The Hall–Kier alpha value is -2.14. The number of benzene rings is 1. The molecule has 0 bridgehead atoms. The van der Waals surface area contributed by atoms with Crippen LogP contribution in [0.2, 0.25) is 5.02 Å². The van der Waals surface area contributed by atoms with E-state index in [2.05, 4.69) is 28.4 Å². The van der Waals surface area contributed by atoms with Crippen LogP contribution in [-0.4, -0.2) is 19.7 Å². The number of anilines is 2. The fourth-order valence-electron chi connectivity index (χ4n) is 3.90. The molecular formula is C19H20ClN5. The topological polar surface area (TPSA) is 55.6 Å². The lowest BCUT2D eigenvalue weighted by molar-refractivity contribution is 0.640. The van der Waals surface area contributed by atoms with Crippen molar-refractivity contribution < 1.29 is 0 Å². The fraction of sp³-hybridized carbons (Fsp3) is 0.421. The van der Waals surface area contributed by atoms with Crippen LogP contribution in [0.15, 0.2) is 24.5 Å². The minimum atomic E-state index is 0.581. The lowest BCUT2D eigenvalue weighted by Crippen LogP contribution is -2.01. The van der Waals surface area contributed by atoms with Gasteiger partial charge in [-0.15, -0.1) is 0 Å². The highest BCUT2D eigenvalue weighted by Gasteiger charge is 2.63. The maximum absolute atomic E-state index is 6.52. The fourth-order valence-corrected chi connectivity index (χ4v) is 4.21. The van der Waals surface area contributed by atoms with Crippen molar-refractivity contribution in [3.8, 4) is 0 Å². The van der Waals surface area contributed by atoms with Crippen LogP contribution >= 0.6 is 11.6 Å². The van der Waals surface area contributed by atoms with Crippen LogP contribution in [0.4, 0.5) is 11.6 Å². The highest BCUT2D eigenvalue weighted by Crippen LogP contribution is 2.75. The first-order chi connectivity index (χ1) is 12.1. The largest absolute Gasteiger partial charge is 0.321 e. The van der Waals surface area contributed by atoms with Gasteiger partial charge in [0.2, 0.25) is 5.95 Å². The van der Waals surface area contributed by atoms with Gasteiger partial charge in [-0.25, -0.2) is 9.97 Å². The molecule has 1 spiro atoms. The number of fused-ring (bicyclic) bond motifs is 1. The van der Waals surface area contributed by atoms with Crippen LogP contribution < -0.4 is 5.32 Å². The molecule has 3 aromatic rings. The lowest BCUT2D eigenvalue weighted by Gasteiger charge is -2.08. The Kier molecular flexibility index (Phi) is 3.14. The quantitative estimate of drug-likeness (QED) is 0.730. The molecule has 1 atom stereocenters. The van der Waals surface area contributed by atoms with Crippen LogP contribution in [0.1, 0.15) is 43.4 Å². The van der Waals surface area contributed by atoms with Gasteiger partial charge in [0, 0.05) is 23.2 Å². The van der Waals surface area contributed by atoms with Crippen LogP contribution in [0.25, 0.3) is 10.9 Å². The normalized spacial score (nSPS) is 20.2.